The molecule has 19 heavy (non-hydrogen) atoms. The molecule has 0 atom stereocenters. The zero-order chi connectivity index (χ0) is 13.4. The molecule has 0 spiro atoms. The van der Waals surface area contributed by atoms with Crippen molar-refractivity contribution in [2.75, 3.05) is 0 Å². The number of benzene rings is 2. The molecule has 3 N–H and O–H groups in total. The van der Waals surface area contributed by atoms with Crippen molar-refractivity contribution in [3.8, 4) is 5.69 Å². The minimum absolute atomic E-state index is 0.0567. The molecule has 0 saturated carbocycles. The fraction of sp³-hybridized carbons (Fsp3) is 0. The van der Waals surface area contributed by atoms with Crippen LogP contribution in [0.5, 0.6) is 0 Å². The molecule has 1 aromatic heterocycles. The first-order chi connectivity index (χ1) is 9.16. The fourth-order valence-corrected chi connectivity index (χ4v) is 2.29. The molecule has 0 aliphatic heterocycles. The first-order valence-corrected chi connectivity index (χ1v) is 6.11. The van der Waals surface area contributed by atoms with Crippen molar-refractivity contribution < 1.29 is 0 Å². The van der Waals surface area contributed by atoms with E-state index in [4.69, 9.17) is 22.7 Å². The molecular weight excluding hydrogens is 260 g/mol. The van der Waals surface area contributed by atoms with Gasteiger partial charge in [-0.1, -0.05) is 35.9 Å². The van der Waals surface area contributed by atoms with Crippen molar-refractivity contribution in [1.82, 2.24) is 9.78 Å². The zero-order valence-corrected chi connectivity index (χ0v) is 10.7. The number of aromatic nitrogens is 2. The van der Waals surface area contributed by atoms with E-state index in [0.717, 1.165) is 22.0 Å². The van der Waals surface area contributed by atoms with Crippen molar-refractivity contribution in [1.29, 1.82) is 5.41 Å². The highest BCUT2D eigenvalue weighted by atomic mass is 35.5. The molecule has 0 bridgehead atoms. The van der Waals surface area contributed by atoms with Crippen molar-refractivity contribution >= 4 is 28.2 Å². The van der Waals surface area contributed by atoms with Gasteiger partial charge in [0.15, 0.2) is 0 Å². The summed E-state index contributed by atoms with van der Waals surface area (Å²) in [5.41, 5.74) is 7.24. The third-order valence-electron chi connectivity index (χ3n) is 2.99. The van der Waals surface area contributed by atoms with Crippen LogP contribution in [0.15, 0.2) is 48.8 Å². The average Bonchev–Trinajstić information content (AvgIpc) is 2.83. The van der Waals surface area contributed by atoms with Gasteiger partial charge in [-0.3, -0.25) is 5.41 Å². The van der Waals surface area contributed by atoms with E-state index >= 15 is 0 Å². The molecule has 0 aliphatic carbocycles. The van der Waals surface area contributed by atoms with Gasteiger partial charge in [-0.15, -0.1) is 0 Å². The Labute approximate surface area is 114 Å². The van der Waals surface area contributed by atoms with Gasteiger partial charge in [-0.25, -0.2) is 4.68 Å². The van der Waals surface area contributed by atoms with Crippen molar-refractivity contribution in [3.05, 3.63) is 59.4 Å². The molecule has 5 heteroatoms. The Morgan fingerprint density at radius 1 is 1.16 bits per heavy atom. The number of nitrogen functional groups attached to an aromatic ring is 1. The van der Waals surface area contributed by atoms with Crippen LogP contribution in [-0.2, 0) is 0 Å². The molecule has 0 amide bonds. The van der Waals surface area contributed by atoms with Gasteiger partial charge >= 0.3 is 0 Å². The lowest BCUT2D eigenvalue weighted by Gasteiger charge is -2.10. The Morgan fingerprint density at radius 2 is 1.89 bits per heavy atom. The molecule has 3 aromatic rings. The van der Waals surface area contributed by atoms with Crippen LogP contribution in [0, 0.1) is 5.41 Å². The van der Waals surface area contributed by atoms with Crippen LogP contribution >= 0.6 is 11.6 Å². The molecule has 0 aliphatic rings. The quantitative estimate of drug-likeness (QED) is 0.555. The highest BCUT2D eigenvalue weighted by Crippen LogP contribution is 2.25. The van der Waals surface area contributed by atoms with Gasteiger partial charge in [-0.05, 0) is 17.5 Å². The van der Waals surface area contributed by atoms with E-state index in [9.17, 15) is 0 Å². The van der Waals surface area contributed by atoms with Gasteiger partial charge in [0.2, 0.25) is 0 Å². The Bertz CT molecular complexity index is 776. The molecule has 3 rings (SSSR count). The monoisotopic (exact) mass is 270 g/mol. The first kappa shape index (κ1) is 11.7. The van der Waals surface area contributed by atoms with E-state index in [2.05, 4.69) is 5.10 Å². The van der Waals surface area contributed by atoms with Crippen LogP contribution < -0.4 is 5.73 Å². The lowest BCUT2D eigenvalue weighted by molar-refractivity contribution is 0.888. The smallest absolute Gasteiger partial charge is 0.123 e. The number of hydrogen-bond donors (Lipinski definition) is 2. The van der Waals surface area contributed by atoms with Gasteiger partial charge < -0.3 is 5.73 Å². The van der Waals surface area contributed by atoms with Crippen LogP contribution in [-0.4, -0.2) is 15.6 Å². The standard InChI is InChI=1S/C14H11ClN4/c15-9-7-18-19(8-9)13-6-5-12(14(16)17)10-3-1-2-4-11(10)13/h1-8H,(H3,16,17). The van der Waals surface area contributed by atoms with Crippen LogP contribution in [0.2, 0.25) is 5.02 Å². The Morgan fingerprint density at radius 3 is 2.53 bits per heavy atom. The van der Waals surface area contributed by atoms with Crippen molar-refractivity contribution in [2.24, 2.45) is 5.73 Å². The van der Waals surface area contributed by atoms with Gasteiger partial charge in [0.05, 0.1) is 16.9 Å². The first-order valence-electron chi connectivity index (χ1n) is 5.73. The average molecular weight is 271 g/mol. The minimum atomic E-state index is 0.0567. The normalized spacial score (nSPS) is 10.8. The summed E-state index contributed by atoms with van der Waals surface area (Å²) < 4.78 is 1.72. The van der Waals surface area contributed by atoms with E-state index < -0.39 is 0 Å². The maximum Gasteiger partial charge on any atom is 0.123 e. The highest BCUT2D eigenvalue weighted by Gasteiger charge is 2.09. The van der Waals surface area contributed by atoms with Crippen LogP contribution in [0.3, 0.4) is 0 Å². The van der Waals surface area contributed by atoms with E-state index in [1.165, 1.54) is 0 Å². The summed E-state index contributed by atoms with van der Waals surface area (Å²) in [4.78, 5) is 0. The lowest BCUT2D eigenvalue weighted by atomic mass is 10.0. The molecule has 0 fully saturated rings. The Balaban J connectivity index is 2.34. The molecule has 2 aromatic carbocycles. The van der Waals surface area contributed by atoms with E-state index in [1.54, 1.807) is 17.1 Å². The maximum absolute atomic E-state index is 7.63. The lowest BCUT2D eigenvalue weighted by Crippen LogP contribution is -2.12. The molecule has 94 valence electrons. The zero-order valence-electron chi connectivity index (χ0n) is 9.97. The second-order valence-corrected chi connectivity index (χ2v) is 4.63. The molecule has 0 radical (unpaired) electrons. The maximum atomic E-state index is 7.63. The van der Waals surface area contributed by atoms with Crippen LogP contribution in [0.4, 0.5) is 0 Å². The molecule has 4 nitrogen and oxygen atoms in total. The molecule has 0 saturated heterocycles. The second kappa shape index (κ2) is 4.40. The summed E-state index contributed by atoms with van der Waals surface area (Å²) in [6.45, 7) is 0. The predicted molar refractivity (Wildman–Crippen MR) is 77.1 cm³/mol. The number of halogens is 1. The molecule has 1 heterocycles. The van der Waals surface area contributed by atoms with Crippen LogP contribution in [0.1, 0.15) is 5.56 Å². The second-order valence-electron chi connectivity index (χ2n) is 4.19. The van der Waals surface area contributed by atoms with E-state index in [-0.39, 0.29) is 5.84 Å². The fourth-order valence-electron chi connectivity index (χ4n) is 2.15. The van der Waals surface area contributed by atoms with E-state index in [1.807, 2.05) is 36.4 Å². The largest absolute Gasteiger partial charge is 0.384 e. The number of hydrogen-bond acceptors (Lipinski definition) is 2. The van der Waals surface area contributed by atoms with Crippen molar-refractivity contribution in [3.63, 3.8) is 0 Å². The van der Waals surface area contributed by atoms with Gasteiger partial charge in [0, 0.05) is 17.1 Å². The molecular formula is C14H11ClN4. The number of nitrogens with two attached hydrogens (primary N) is 1. The summed E-state index contributed by atoms with van der Waals surface area (Å²) in [6.07, 6.45) is 3.34. The molecule has 0 unspecified atom stereocenters. The highest BCUT2D eigenvalue weighted by molar-refractivity contribution is 6.30. The third kappa shape index (κ3) is 1.96. The number of rotatable bonds is 2. The predicted octanol–water partition coefficient (Wildman–Crippen LogP) is 2.96. The summed E-state index contributed by atoms with van der Waals surface area (Å²) in [5.74, 6) is 0.0567. The van der Waals surface area contributed by atoms with Crippen LogP contribution in [0.25, 0.3) is 16.5 Å². The van der Waals surface area contributed by atoms with Gasteiger partial charge in [0.25, 0.3) is 0 Å². The minimum Gasteiger partial charge on any atom is -0.384 e. The van der Waals surface area contributed by atoms with Crippen molar-refractivity contribution in [2.45, 2.75) is 0 Å². The number of amidine groups is 1. The Kier molecular flexibility index (Phi) is 2.72. The summed E-state index contributed by atoms with van der Waals surface area (Å²) >= 11 is 5.91. The SMILES string of the molecule is N=C(N)c1ccc(-n2cc(Cl)cn2)c2ccccc12. The summed E-state index contributed by atoms with van der Waals surface area (Å²) in [6, 6.07) is 11.5. The van der Waals surface area contributed by atoms with Gasteiger partial charge in [0.1, 0.15) is 5.84 Å². The third-order valence-corrected chi connectivity index (χ3v) is 3.18. The Hall–Kier alpha value is -2.33. The van der Waals surface area contributed by atoms with E-state index in [0.29, 0.717) is 5.02 Å². The topological polar surface area (TPSA) is 67.7 Å². The summed E-state index contributed by atoms with van der Waals surface area (Å²) in [7, 11) is 0. The number of fused-ring (bicyclic) bond motifs is 1. The van der Waals surface area contributed by atoms with Gasteiger partial charge in [-0.2, -0.15) is 5.10 Å². The summed E-state index contributed by atoms with van der Waals surface area (Å²) in [5, 5.41) is 14.3. The number of nitrogens with zero attached hydrogens (tertiary/aromatic N) is 2. The number of nitrogens with one attached hydrogen (secondary N) is 1.